The average Bonchev–Trinajstić information content (AvgIpc) is 2.41. The van der Waals surface area contributed by atoms with Crippen molar-refractivity contribution in [1.82, 2.24) is 9.97 Å². The van der Waals surface area contributed by atoms with E-state index in [0.717, 1.165) is 0 Å². The molecule has 1 amide bonds. The summed E-state index contributed by atoms with van der Waals surface area (Å²) < 4.78 is 5.06. The highest BCUT2D eigenvalue weighted by Gasteiger charge is 2.09. The van der Waals surface area contributed by atoms with Crippen molar-refractivity contribution < 1.29 is 9.53 Å². The molecule has 0 aliphatic carbocycles. The highest BCUT2D eigenvalue weighted by molar-refractivity contribution is 6.32. The highest BCUT2D eigenvalue weighted by Crippen LogP contribution is 2.27. The number of amides is 1. The van der Waals surface area contributed by atoms with Gasteiger partial charge in [0.2, 0.25) is 0 Å². The van der Waals surface area contributed by atoms with Gasteiger partial charge in [-0.1, -0.05) is 11.6 Å². The first-order valence-electron chi connectivity index (χ1n) is 5.32. The number of halogens is 1. The van der Waals surface area contributed by atoms with Crippen molar-refractivity contribution in [3.05, 3.63) is 41.3 Å². The maximum absolute atomic E-state index is 11.9. The van der Waals surface area contributed by atoms with Crippen molar-refractivity contribution in [2.24, 2.45) is 0 Å². The number of hydrogen-bond donors (Lipinski definition) is 2. The smallest absolute Gasteiger partial charge is 0.275 e. The minimum absolute atomic E-state index is 0.170. The van der Waals surface area contributed by atoms with Gasteiger partial charge in [-0.15, -0.1) is 0 Å². The van der Waals surface area contributed by atoms with Crippen LogP contribution in [0.15, 0.2) is 30.6 Å². The number of aromatic nitrogens is 2. The highest BCUT2D eigenvalue weighted by atomic mass is 35.5. The Kier molecular flexibility index (Phi) is 3.82. The molecule has 1 aromatic carbocycles. The third-order valence-electron chi connectivity index (χ3n) is 2.31. The average molecular weight is 279 g/mol. The molecule has 98 valence electrons. The summed E-state index contributed by atoms with van der Waals surface area (Å²) in [5, 5.41) is 3.12. The quantitative estimate of drug-likeness (QED) is 0.896. The molecule has 0 spiro atoms. The van der Waals surface area contributed by atoms with Gasteiger partial charge in [0.05, 0.1) is 24.5 Å². The predicted molar refractivity (Wildman–Crippen MR) is 72.4 cm³/mol. The van der Waals surface area contributed by atoms with Crippen LogP contribution in [0.4, 0.5) is 11.5 Å². The van der Waals surface area contributed by atoms with Crippen LogP contribution in [-0.4, -0.2) is 23.0 Å². The van der Waals surface area contributed by atoms with Gasteiger partial charge in [-0.3, -0.25) is 4.79 Å². The Labute approximate surface area is 114 Å². The van der Waals surface area contributed by atoms with Crippen LogP contribution >= 0.6 is 11.6 Å². The van der Waals surface area contributed by atoms with E-state index >= 15 is 0 Å². The molecule has 7 heteroatoms. The summed E-state index contributed by atoms with van der Waals surface area (Å²) in [6.07, 6.45) is 2.62. The number of nitrogens with two attached hydrogens (primary N) is 1. The van der Waals surface area contributed by atoms with E-state index in [-0.39, 0.29) is 11.5 Å². The molecule has 1 heterocycles. The predicted octanol–water partition coefficient (Wildman–Crippen LogP) is 1.97. The molecule has 19 heavy (non-hydrogen) atoms. The molecule has 2 aromatic rings. The van der Waals surface area contributed by atoms with Crippen molar-refractivity contribution in [2.45, 2.75) is 0 Å². The Balaban J connectivity index is 2.17. The van der Waals surface area contributed by atoms with Gasteiger partial charge < -0.3 is 15.8 Å². The van der Waals surface area contributed by atoms with Gasteiger partial charge in [-0.25, -0.2) is 9.97 Å². The Morgan fingerprint density at radius 2 is 2.16 bits per heavy atom. The van der Waals surface area contributed by atoms with Gasteiger partial charge in [0.1, 0.15) is 17.3 Å². The molecule has 0 fully saturated rings. The molecule has 6 nitrogen and oxygen atoms in total. The van der Waals surface area contributed by atoms with Crippen LogP contribution in [-0.2, 0) is 0 Å². The molecule has 0 saturated heterocycles. The van der Waals surface area contributed by atoms with Gasteiger partial charge in [-0.05, 0) is 12.1 Å². The van der Waals surface area contributed by atoms with Crippen molar-refractivity contribution >= 4 is 29.0 Å². The first-order chi connectivity index (χ1) is 9.10. The molecule has 0 unspecified atom stereocenters. The molecule has 0 aliphatic rings. The Morgan fingerprint density at radius 3 is 2.79 bits per heavy atom. The van der Waals surface area contributed by atoms with E-state index in [2.05, 4.69) is 15.3 Å². The van der Waals surface area contributed by atoms with Gasteiger partial charge in [0.25, 0.3) is 5.91 Å². The van der Waals surface area contributed by atoms with Crippen LogP contribution in [0, 0.1) is 0 Å². The lowest BCUT2D eigenvalue weighted by molar-refractivity contribution is 0.102. The van der Waals surface area contributed by atoms with Gasteiger partial charge in [0, 0.05) is 11.8 Å². The second kappa shape index (κ2) is 5.53. The number of carbonyl (C=O) groups excluding carboxylic acids is 1. The second-order valence-electron chi connectivity index (χ2n) is 3.63. The minimum Gasteiger partial charge on any atom is -0.495 e. The number of rotatable bonds is 3. The monoisotopic (exact) mass is 278 g/mol. The normalized spacial score (nSPS) is 10.0. The summed E-state index contributed by atoms with van der Waals surface area (Å²) in [5.41, 5.74) is 6.11. The van der Waals surface area contributed by atoms with E-state index in [1.165, 1.54) is 19.5 Å². The third kappa shape index (κ3) is 3.11. The van der Waals surface area contributed by atoms with E-state index in [0.29, 0.717) is 16.5 Å². The van der Waals surface area contributed by atoms with Crippen molar-refractivity contribution in [3.63, 3.8) is 0 Å². The van der Waals surface area contributed by atoms with Crippen LogP contribution in [0.25, 0.3) is 0 Å². The topological polar surface area (TPSA) is 90.1 Å². The minimum atomic E-state index is -0.392. The van der Waals surface area contributed by atoms with Gasteiger partial charge in [-0.2, -0.15) is 0 Å². The van der Waals surface area contributed by atoms with Gasteiger partial charge in [0.15, 0.2) is 0 Å². The molecule has 0 saturated carbocycles. The molecule has 0 radical (unpaired) electrons. The van der Waals surface area contributed by atoms with E-state index in [4.69, 9.17) is 22.1 Å². The zero-order valence-electron chi connectivity index (χ0n) is 10.1. The maximum Gasteiger partial charge on any atom is 0.275 e. The molecule has 1 aromatic heterocycles. The Morgan fingerprint density at radius 1 is 1.37 bits per heavy atom. The van der Waals surface area contributed by atoms with Crippen LogP contribution in [0.2, 0.25) is 5.02 Å². The third-order valence-corrected chi connectivity index (χ3v) is 2.63. The summed E-state index contributed by atoms with van der Waals surface area (Å²) in [6, 6.07) is 4.91. The zero-order chi connectivity index (χ0) is 13.8. The fourth-order valence-electron chi connectivity index (χ4n) is 1.39. The molecule has 0 bridgehead atoms. The number of benzene rings is 1. The SMILES string of the molecule is COc1cc(NC(=O)c2cnc(N)cn2)ccc1Cl. The van der Waals surface area contributed by atoms with Crippen molar-refractivity contribution in [1.29, 1.82) is 0 Å². The van der Waals surface area contributed by atoms with Crippen molar-refractivity contribution in [3.8, 4) is 5.75 Å². The number of methoxy groups -OCH3 is 1. The van der Waals surface area contributed by atoms with E-state index in [1.54, 1.807) is 18.2 Å². The number of anilines is 2. The molecule has 3 N–H and O–H groups in total. The number of hydrogen-bond acceptors (Lipinski definition) is 5. The number of nitrogens with zero attached hydrogens (tertiary/aromatic N) is 2. The standard InChI is InChI=1S/C12H11ClN4O2/c1-19-10-4-7(2-3-8(10)13)17-12(18)9-5-16-11(14)6-15-9/h2-6H,1H3,(H2,14,16)(H,17,18). The van der Waals surface area contributed by atoms with E-state index in [1.807, 2.05) is 0 Å². The van der Waals surface area contributed by atoms with E-state index in [9.17, 15) is 4.79 Å². The molecule has 2 rings (SSSR count). The number of ether oxygens (including phenoxy) is 1. The second-order valence-corrected chi connectivity index (χ2v) is 4.04. The molecule has 0 atom stereocenters. The van der Waals surface area contributed by atoms with E-state index < -0.39 is 5.91 Å². The fraction of sp³-hybridized carbons (Fsp3) is 0.0833. The fourth-order valence-corrected chi connectivity index (χ4v) is 1.58. The summed E-state index contributed by atoms with van der Waals surface area (Å²) >= 11 is 5.89. The first-order valence-corrected chi connectivity index (χ1v) is 5.70. The summed E-state index contributed by atoms with van der Waals surface area (Å²) in [6.45, 7) is 0. The first kappa shape index (κ1) is 13.1. The number of nitrogens with one attached hydrogen (secondary N) is 1. The number of carbonyl (C=O) groups is 1. The van der Waals surface area contributed by atoms with Crippen molar-refractivity contribution in [2.75, 3.05) is 18.2 Å². The number of nitrogen functional groups attached to an aromatic ring is 1. The van der Waals surface area contributed by atoms with Crippen LogP contribution in [0.5, 0.6) is 5.75 Å². The summed E-state index contributed by atoms with van der Waals surface area (Å²) in [4.78, 5) is 19.6. The molecule has 0 aliphatic heterocycles. The lowest BCUT2D eigenvalue weighted by atomic mass is 10.3. The van der Waals surface area contributed by atoms with Crippen LogP contribution in [0.1, 0.15) is 10.5 Å². The summed E-state index contributed by atoms with van der Waals surface area (Å²) in [7, 11) is 1.50. The molecular formula is C12H11ClN4O2. The summed E-state index contributed by atoms with van der Waals surface area (Å²) in [5.74, 6) is 0.337. The zero-order valence-corrected chi connectivity index (χ0v) is 10.8. The maximum atomic E-state index is 11.9. The van der Waals surface area contributed by atoms with Crippen LogP contribution in [0.3, 0.4) is 0 Å². The largest absolute Gasteiger partial charge is 0.495 e. The Hall–Kier alpha value is -2.34. The molecular weight excluding hydrogens is 268 g/mol. The lowest BCUT2D eigenvalue weighted by Gasteiger charge is -2.08. The Bertz CT molecular complexity index is 601. The van der Waals surface area contributed by atoms with Crippen LogP contribution < -0.4 is 15.8 Å². The van der Waals surface area contributed by atoms with Gasteiger partial charge >= 0.3 is 0 Å². The lowest BCUT2D eigenvalue weighted by Crippen LogP contribution is -2.14.